The topological polar surface area (TPSA) is 72.9 Å². The maximum absolute atomic E-state index is 14.7. The molecule has 7 nitrogen and oxygen atoms in total. The molecule has 12 heteroatoms. The maximum atomic E-state index is 14.7. The van der Waals surface area contributed by atoms with E-state index >= 15 is 0 Å². The van der Waals surface area contributed by atoms with Gasteiger partial charge in [-0.1, -0.05) is 35.5 Å². The Morgan fingerprint density at radius 2 is 1.64 bits per heavy atom. The zero-order valence-electron chi connectivity index (χ0n) is 18.9. The van der Waals surface area contributed by atoms with Crippen LogP contribution in [0.25, 0.3) is 22.7 Å². The van der Waals surface area contributed by atoms with E-state index in [-0.39, 0.29) is 30.8 Å². The third-order valence-electron chi connectivity index (χ3n) is 6.04. The molecule has 0 unspecified atom stereocenters. The molecular formula is C24H21F5N6O. The third kappa shape index (κ3) is 5.43. The highest BCUT2D eigenvalue weighted by Gasteiger charge is 2.33. The Balaban J connectivity index is 1.22. The van der Waals surface area contributed by atoms with Crippen molar-refractivity contribution in [3.8, 4) is 22.7 Å². The number of nitrogens with zero attached hydrogens (tertiary/aromatic N) is 6. The molecule has 0 N–H and O–H groups in total. The van der Waals surface area contributed by atoms with E-state index < -0.39 is 24.1 Å². The molecule has 1 saturated heterocycles. The Hall–Kier alpha value is -3.67. The molecule has 0 saturated carbocycles. The molecule has 36 heavy (non-hydrogen) atoms. The number of rotatable bonds is 7. The summed E-state index contributed by atoms with van der Waals surface area (Å²) in [7, 11) is 0. The first-order chi connectivity index (χ1) is 17.3. The minimum absolute atomic E-state index is 0.100. The Labute approximate surface area is 202 Å². The summed E-state index contributed by atoms with van der Waals surface area (Å²) >= 11 is 0. The Bertz CT molecular complexity index is 1330. The van der Waals surface area contributed by atoms with Crippen molar-refractivity contribution in [3.05, 3.63) is 71.5 Å². The van der Waals surface area contributed by atoms with E-state index in [4.69, 9.17) is 4.42 Å². The summed E-state index contributed by atoms with van der Waals surface area (Å²) in [5.74, 6) is -4.17. The summed E-state index contributed by atoms with van der Waals surface area (Å²) in [5.41, 5.74) is 2.93. The molecule has 0 atom stereocenters. The van der Waals surface area contributed by atoms with E-state index in [1.165, 1.54) is 16.8 Å². The van der Waals surface area contributed by atoms with Gasteiger partial charge in [0.25, 0.3) is 11.8 Å². The highest BCUT2D eigenvalue weighted by molar-refractivity contribution is 5.58. The lowest BCUT2D eigenvalue weighted by Gasteiger charge is -2.31. The molecule has 0 aliphatic carbocycles. The molecule has 0 radical (unpaired) electrons. The zero-order chi connectivity index (χ0) is 25.3. The van der Waals surface area contributed by atoms with Gasteiger partial charge in [0.05, 0.1) is 12.7 Å². The Morgan fingerprint density at radius 3 is 2.31 bits per heavy atom. The van der Waals surface area contributed by atoms with Crippen molar-refractivity contribution in [2.75, 3.05) is 13.1 Å². The van der Waals surface area contributed by atoms with Crippen molar-refractivity contribution in [2.24, 2.45) is 0 Å². The first-order valence-corrected chi connectivity index (χ1v) is 11.3. The summed E-state index contributed by atoms with van der Waals surface area (Å²) in [6.45, 7) is 1.44. The van der Waals surface area contributed by atoms with Gasteiger partial charge in [-0.2, -0.15) is 8.78 Å². The number of halogens is 5. The first kappa shape index (κ1) is 24.0. The summed E-state index contributed by atoms with van der Waals surface area (Å²) in [4.78, 5) is 2.01. The van der Waals surface area contributed by atoms with Crippen LogP contribution in [0.1, 0.15) is 36.3 Å². The van der Waals surface area contributed by atoms with Gasteiger partial charge < -0.3 is 4.42 Å². The fourth-order valence-corrected chi connectivity index (χ4v) is 4.01. The van der Waals surface area contributed by atoms with Crippen LogP contribution in [0.5, 0.6) is 0 Å². The largest absolute Gasteiger partial charge is 0.415 e. The van der Waals surface area contributed by atoms with Crippen LogP contribution in [0.15, 0.2) is 53.1 Å². The molecule has 4 aromatic rings. The van der Waals surface area contributed by atoms with Crippen molar-refractivity contribution < 1.29 is 26.4 Å². The fourth-order valence-electron chi connectivity index (χ4n) is 4.01. The van der Waals surface area contributed by atoms with Crippen molar-refractivity contribution in [2.45, 2.75) is 38.3 Å². The highest BCUT2D eigenvalue weighted by atomic mass is 19.3. The minimum atomic E-state index is -2.90. The van der Waals surface area contributed by atoms with E-state index in [0.717, 1.165) is 17.2 Å². The molecule has 1 aliphatic rings. The van der Waals surface area contributed by atoms with Crippen molar-refractivity contribution in [1.82, 2.24) is 30.1 Å². The quantitative estimate of drug-likeness (QED) is 0.316. The number of hydrogen-bond donors (Lipinski definition) is 0. The van der Waals surface area contributed by atoms with Crippen LogP contribution >= 0.6 is 0 Å². The average Bonchev–Trinajstić information content (AvgIpc) is 3.53. The van der Waals surface area contributed by atoms with E-state index in [1.54, 1.807) is 6.20 Å². The van der Waals surface area contributed by atoms with Crippen LogP contribution in [0.2, 0.25) is 0 Å². The second kappa shape index (κ2) is 9.76. The van der Waals surface area contributed by atoms with Gasteiger partial charge in [0.2, 0.25) is 5.89 Å². The summed E-state index contributed by atoms with van der Waals surface area (Å²) in [6, 6.07) is 11.8. The number of piperidine rings is 1. The number of alkyl halides is 4. The van der Waals surface area contributed by atoms with Crippen molar-refractivity contribution in [3.63, 3.8) is 0 Å². The van der Waals surface area contributed by atoms with Gasteiger partial charge in [-0.05, 0) is 17.7 Å². The van der Waals surface area contributed by atoms with Gasteiger partial charge in [0, 0.05) is 49.2 Å². The molecule has 2 aromatic heterocycles. The number of likely N-dealkylation sites (tertiary alicyclic amines) is 1. The molecule has 3 heterocycles. The number of hydrogen-bond acceptors (Lipinski definition) is 6. The molecule has 188 valence electrons. The van der Waals surface area contributed by atoms with Gasteiger partial charge in [-0.25, -0.2) is 17.9 Å². The van der Waals surface area contributed by atoms with Gasteiger partial charge in [-0.15, -0.1) is 15.3 Å². The van der Waals surface area contributed by atoms with Crippen LogP contribution in [-0.2, 0) is 13.1 Å². The standard InChI is InChI=1S/C24H21F5N6O/c25-19-11-17(22-31-32-23(36-22)21(26)27)5-6-18(19)13-35-14-20(30-33-35)16-3-1-15(2-4-16)12-34-9-7-24(28,29)8-10-34/h1-6,11,14,21H,7-10,12-13H2. The SMILES string of the molecule is Fc1cc(-c2nnc(C(F)F)o2)ccc1Cn1cc(-c2ccc(CN3CCC(F)(F)CC3)cc2)nn1. The van der Waals surface area contributed by atoms with Gasteiger partial charge in [-0.3, -0.25) is 4.90 Å². The molecule has 0 spiro atoms. The van der Waals surface area contributed by atoms with Gasteiger partial charge >= 0.3 is 6.43 Å². The predicted molar refractivity (Wildman–Crippen MR) is 119 cm³/mol. The Morgan fingerprint density at radius 1 is 0.917 bits per heavy atom. The lowest BCUT2D eigenvalue weighted by molar-refractivity contribution is -0.0566. The lowest BCUT2D eigenvalue weighted by Crippen LogP contribution is -2.38. The molecule has 5 rings (SSSR count). The Kier molecular flexibility index (Phi) is 6.52. The van der Waals surface area contributed by atoms with Gasteiger partial charge in [0.15, 0.2) is 0 Å². The van der Waals surface area contributed by atoms with Crippen molar-refractivity contribution >= 4 is 0 Å². The first-order valence-electron chi connectivity index (χ1n) is 11.3. The van der Waals surface area contributed by atoms with Crippen LogP contribution in [-0.4, -0.2) is 49.1 Å². The third-order valence-corrected chi connectivity index (χ3v) is 6.04. The van der Waals surface area contributed by atoms with E-state index in [9.17, 15) is 22.0 Å². The maximum Gasteiger partial charge on any atom is 0.314 e. The van der Waals surface area contributed by atoms with E-state index in [1.807, 2.05) is 29.2 Å². The van der Waals surface area contributed by atoms with Gasteiger partial charge in [0.1, 0.15) is 11.5 Å². The van der Waals surface area contributed by atoms with E-state index in [0.29, 0.717) is 30.9 Å². The minimum Gasteiger partial charge on any atom is -0.415 e. The summed E-state index contributed by atoms with van der Waals surface area (Å²) in [6.07, 6.45) is -1.46. The molecule has 0 amide bonds. The molecule has 2 aromatic carbocycles. The van der Waals surface area contributed by atoms with Crippen LogP contribution in [0, 0.1) is 5.82 Å². The number of benzene rings is 2. The van der Waals surface area contributed by atoms with Crippen LogP contribution in [0.4, 0.5) is 22.0 Å². The lowest BCUT2D eigenvalue weighted by atomic mass is 10.0. The average molecular weight is 504 g/mol. The fraction of sp³-hybridized carbons (Fsp3) is 0.333. The smallest absolute Gasteiger partial charge is 0.314 e. The molecular weight excluding hydrogens is 483 g/mol. The number of aromatic nitrogens is 5. The van der Waals surface area contributed by atoms with Crippen LogP contribution < -0.4 is 0 Å². The monoisotopic (exact) mass is 504 g/mol. The molecule has 1 aliphatic heterocycles. The van der Waals surface area contributed by atoms with Crippen molar-refractivity contribution in [1.29, 1.82) is 0 Å². The van der Waals surface area contributed by atoms with E-state index in [2.05, 4.69) is 20.5 Å². The summed E-state index contributed by atoms with van der Waals surface area (Å²) < 4.78 is 72.9. The predicted octanol–water partition coefficient (Wildman–Crippen LogP) is 5.35. The normalized spacial score (nSPS) is 16.1. The highest BCUT2D eigenvalue weighted by Crippen LogP contribution is 2.29. The molecule has 0 bridgehead atoms. The van der Waals surface area contributed by atoms with Crippen LogP contribution in [0.3, 0.4) is 0 Å². The summed E-state index contributed by atoms with van der Waals surface area (Å²) in [5, 5.41) is 15.0. The second-order valence-corrected chi connectivity index (χ2v) is 8.68. The second-order valence-electron chi connectivity index (χ2n) is 8.68. The zero-order valence-corrected chi connectivity index (χ0v) is 18.9. The molecule has 1 fully saturated rings.